The van der Waals surface area contributed by atoms with Crippen LogP contribution in [0.1, 0.15) is 25.7 Å². The Morgan fingerprint density at radius 2 is 2.08 bits per heavy atom. The average molecular weight is 367 g/mol. The van der Waals surface area contributed by atoms with Crippen LogP contribution < -0.4 is 11.2 Å². The van der Waals surface area contributed by atoms with E-state index in [1.807, 2.05) is 0 Å². The smallest absolute Gasteiger partial charge is 0.390 e. The molecule has 0 aliphatic carbocycles. The van der Waals surface area contributed by atoms with Gasteiger partial charge >= 0.3 is 11.6 Å². The van der Waals surface area contributed by atoms with Crippen molar-refractivity contribution in [3.63, 3.8) is 0 Å². The highest BCUT2D eigenvalue weighted by atomic mass is 16.7. The van der Waals surface area contributed by atoms with E-state index in [0.717, 1.165) is 33.0 Å². The Morgan fingerprint density at radius 1 is 1.31 bits per heavy atom. The second kappa shape index (κ2) is 7.38. The van der Waals surface area contributed by atoms with Gasteiger partial charge in [-0.15, -0.1) is 0 Å². The van der Waals surface area contributed by atoms with Crippen LogP contribution in [0.2, 0.25) is 0 Å². The lowest BCUT2D eigenvalue weighted by atomic mass is 10.2. The van der Waals surface area contributed by atoms with Crippen molar-refractivity contribution in [3.8, 4) is 0 Å². The van der Waals surface area contributed by atoms with E-state index in [1.54, 1.807) is 0 Å². The zero-order valence-electron chi connectivity index (χ0n) is 14.7. The van der Waals surface area contributed by atoms with Crippen molar-refractivity contribution in [2.75, 3.05) is 13.2 Å². The first-order chi connectivity index (χ1) is 12.4. The fourth-order valence-corrected chi connectivity index (χ4v) is 3.07. The molecule has 26 heavy (non-hydrogen) atoms. The van der Waals surface area contributed by atoms with Crippen LogP contribution in [0.5, 0.6) is 0 Å². The normalized spacial score (nSPS) is 17.7. The summed E-state index contributed by atoms with van der Waals surface area (Å²) in [7, 11) is 2.82. The number of hydrogen-bond acceptors (Lipinski definition) is 7. The first kappa shape index (κ1) is 18.3. The molecular weight excluding hydrogens is 346 g/mol. The van der Waals surface area contributed by atoms with E-state index in [4.69, 9.17) is 9.47 Å². The quantitative estimate of drug-likeness (QED) is 0.408. The zero-order valence-corrected chi connectivity index (χ0v) is 14.7. The number of imidazole rings is 1. The molecule has 0 radical (unpaired) electrons. The highest BCUT2D eigenvalue weighted by Gasteiger charge is 2.26. The number of hydrogen-bond donors (Lipinski definition) is 0. The van der Waals surface area contributed by atoms with E-state index in [9.17, 15) is 19.7 Å². The van der Waals surface area contributed by atoms with E-state index in [2.05, 4.69) is 4.98 Å². The number of nitro groups is 1. The van der Waals surface area contributed by atoms with Crippen molar-refractivity contribution < 1.29 is 14.4 Å². The van der Waals surface area contributed by atoms with Crippen LogP contribution in [-0.2, 0) is 30.1 Å². The Hall–Kier alpha value is -2.53. The van der Waals surface area contributed by atoms with Gasteiger partial charge in [-0.3, -0.25) is 13.9 Å². The summed E-state index contributed by atoms with van der Waals surface area (Å²) in [5.74, 6) is -0.484. The van der Waals surface area contributed by atoms with Crippen LogP contribution >= 0.6 is 0 Å². The summed E-state index contributed by atoms with van der Waals surface area (Å²) in [5, 5.41) is 11.0. The minimum absolute atomic E-state index is 0.00249. The SMILES string of the molecule is Cn1c([N+](=O)[O-])nc2c1c(=O)n(CCCOC1CCCCO1)c(=O)n2C. The summed E-state index contributed by atoms with van der Waals surface area (Å²) >= 11 is 0. The minimum atomic E-state index is -0.688. The fraction of sp³-hybridized carbons (Fsp3) is 0.667. The molecule has 0 N–H and O–H groups in total. The lowest BCUT2D eigenvalue weighted by Crippen LogP contribution is -2.40. The van der Waals surface area contributed by atoms with Gasteiger partial charge in [0.2, 0.25) is 5.52 Å². The van der Waals surface area contributed by atoms with E-state index >= 15 is 0 Å². The van der Waals surface area contributed by atoms with Crippen LogP contribution in [0.15, 0.2) is 9.59 Å². The second-order valence-corrected chi connectivity index (χ2v) is 6.22. The summed E-state index contributed by atoms with van der Waals surface area (Å²) in [5.41, 5.74) is -1.14. The van der Waals surface area contributed by atoms with Crippen molar-refractivity contribution in [1.29, 1.82) is 0 Å². The second-order valence-electron chi connectivity index (χ2n) is 6.22. The first-order valence-electron chi connectivity index (χ1n) is 8.45. The largest absolute Gasteiger partial charge is 0.437 e. The van der Waals surface area contributed by atoms with Crippen LogP contribution in [0.3, 0.4) is 0 Å². The fourth-order valence-electron chi connectivity index (χ4n) is 3.07. The van der Waals surface area contributed by atoms with Gasteiger partial charge in [-0.05, 0) is 35.6 Å². The summed E-state index contributed by atoms with van der Waals surface area (Å²) in [6.45, 7) is 1.18. The molecule has 3 heterocycles. The molecule has 142 valence electrons. The molecule has 1 fully saturated rings. The van der Waals surface area contributed by atoms with Gasteiger partial charge in [0.05, 0.1) is 13.7 Å². The maximum absolute atomic E-state index is 12.7. The van der Waals surface area contributed by atoms with Crippen LogP contribution in [0.25, 0.3) is 11.2 Å². The molecule has 1 atom stereocenters. The van der Waals surface area contributed by atoms with Gasteiger partial charge in [0, 0.05) is 20.2 Å². The molecule has 2 aromatic rings. The lowest BCUT2D eigenvalue weighted by Gasteiger charge is -2.22. The van der Waals surface area contributed by atoms with Crippen molar-refractivity contribution >= 4 is 17.1 Å². The molecule has 0 aromatic carbocycles. The number of aryl methyl sites for hydroxylation is 2. The maximum atomic E-state index is 12.7. The van der Waals surface area contributed by atoms with E-state index < -0.39 is 22.1 Å². The molecule has 0 amide bonds. The highest BCUT2D eigenvalue weighted by molar-refractivity contribution is 5.72. The van der Waals surface area contributed by atoms with Gasteiger partial charge in [0.15, 0.2) is 6.29 Å². The van der Waals surface area contributed by atoms with Crippen molar-refractivity contribution in [1.82, 2.24) is 18.7 Å². The predicted octanol–water partition coefficient (Wildman–Crippen LogP) is 0.275. The monoisotopic (exact) mass is 367 g/mol. The third-order valence-corrected chi connectivity index (χ3v) is 4.47. The number of nitrogens with zero attached hydrogens (tertiary/aromatic N) is 5. The maximum Gasteiger partial charge on any atom is 0.437 e. The third-order valence-electron chi connectivity index (χ3n) is 4.47. The van der Waals surface area contributed by atoms with Crippen molar-refractivity contribution in [2.24, 2.45) is 14.1 Å². The molecular formula is C15H21N5O6. The molecule has 11 heteroatoms. The third kappa shape index (κ3) is 3.27. The van der Waals surface area contributed by atoms with Gasteiger partial charge in [0.1, 0.15) is 0 Å². The van der Waals surface area contributed by atoms with E-state index in [0.29, 0.717) is 19.6 Å². The van der Waals surface area contributed by atoms with Gasteiger partial charge in [0.25, 0.3) is 11.2 Å². The van der Waals surface area contributed by atoms with Crippen LogP contribution in [0.4, 0.5) is 5.95 Å². The molecule has 11 nitrogen and oxygen atoms in total. The highest BCUT2D eigenvalue weighted by Crippen LogP contribution is 2.15. The Labute approximate surface area is 147 Å². The molecule has 1 saturated heterocycles. The predicted molar refractivity (Wildman–Crippen MR) is 91.0 cm³/mol. The Bertz CT molecular complexity index is 937. The number of fused-ring (bicyclic) bond motifs is 1. The summed E-state index contributed by atoms with van der Waals surface area (Å²) in [6.07, 6.45) is 3.14. The summed E-state index contributed by atoms with van der Waals surface area (Å²) < 4.78 is 14.4. The number of aromatic nitrogens is 4. The van der Waals surface area contributed by atoms with Gasteiger partial charge in [-0.1, -0.05) is 0 Å². The molecule has 0 saturated carbocycles. The standard InChI is InChI=1S/C15H21N5O6/c1-17-11-12(16-14(17)20(23)24)18(2)15(22)19(13(11)21)7-5-9-26-10-6-3-4-8-25-10/h10H,3-9H2,1-2H3. The molecule has 0 spiro atoms. The van der Waals surface area contributed by atoms with Crippen LogP contribution in [0, 0.1) is 10.1 Å². The van der Waals surface area contributed by atoms with E-state index in [1.165, 1.54) is 14.1 Å². The lowest BCUT2D eigenvalue weighted by molar-refractivity contribution is -0.396. The van der Waals surface area contributed by atoms with Crippen molar-refractivity contribution in [2.45, 2.75) is 38.5 Å². The Kier molecular flexibility index (Phi) is 5.18. The molecule has 0 bridgehead atoms. The molecule has 2 aromatic heterocycles. The number of rotatable bonds is 6. The topological polar surface area (TPSA) is 123 Å². The molecule has 1 unspecified atom stereocenters. The van der Waals surface area contributed by atoms with Gasteiger partial charge in [-0.2, -0.15) is 0 Å². The zero-order chi connectivity index (χ0) is 18.8. The Balaban J connectivity index is 1.82. The first-order valence-corrected chi connectivity index (χ1v) is 8.45. The Morgan fingerprint density at radius 3 is 2.73 bits per heavy atom. The van der Waals surface area contributed by atoms with Crippen molar-refractivity contribution in [3.05, 3.63) is 31.0 Å². The van der Waals surface area contributed by atoms with Gasteiger partial charge < -0.3 is 19.6 Å². The average Bonchev–Trinajstić information content (AvgIpc) is 2.98. The van der Waals surface area contributed by atoms with E-state index in [-0.39, 0.29) is 24.0 Å². The molecule has 1 aliphatic heterocycles. The number of ether oxygens (including phenoxy) is 2. The molecule has 1 aliphatic rings. The van der Waals surface area contributed by atoms with Gasteiger partial charge in [-0.25, -0.2) is 9.36 Å². The summed E-state index contributed by atoms with van der Waals surface area (Å²) in [4.78, 5) is 39.2. The summed E-state index contributed by atoms with van der Waals surface area (Å²) in [6, 6.07) is 0. The van der Waals surface area contributed by atoms with Crippen LogP contribution in [-0.4, -0.2) is 43.1 Å². The minimum Gasteiger partial charge on any atom is -0.390 e. The molecule has 3 rings (SSSR count).